The maximum Gasteiger partial charge on any atom is 0.294 e. The second kappa shape index (κ2) is 9.97. The number of rotatable bonds is 8. The fourth-order valence-electron chi connectivity index (χ4n) is 4.60. The molecule has 0 saturated heterocycles. The molecular formula is C30H27NO7. The summed E-state index contributed by atoms with van der Waals surface area (Å²) in [6.45, 7) is 3.84. The van der Waals surface area contributed by atoms with Gasteiger partial charge in [0.25, 0.3) is 5.91 Å². The van der Waals surface area contributed by atoms with Gasteiger partial charge in [-0.25, -0.2) is 0 Å². The van der Waals surface area contributed by atoms with Crippen molar-refractivity contribution in [1.82, 2.24) is 0 Å². The predicted octanol–water partition coefficient (Wildman–Crippen LogP) is 6.02. The number of amides is 1. The van der Waals surface area contributed by atoms with E-state index in [1.807, 2.05) is 13.8 Å². The molecule has 0 fully saturated rings. The van der Waals surface area contributed by atoms with Crippen LogP contribution < -0.4 is 19.1 Å². The molecule has 0 radical (unpaired) electrons. The Morgan fingerprint density at radius 2 is 1.63 bits per heavy atom. The van der Waals surface area contributed by atoms with Crippen LogP contribution in [0.4, 0.5) is 5.69 Å². The highest BCUT2D eigenvalue weighted by molar-refractivity contribution is 6.20. The smallest absolute Gasteiger partial charge is 0.294 e. The molecule has 1 amide bonds. The van der Waals surface area contributed by atoms with Crippen LogP contribution in [0.3, 0.4) is 0 Å². The summed E-state index contributed by atoms with van der Waals surface area (Å²) < 4.78 is 22.2. The number of benzene rings is 3. The molecule has 0 aliphatic carbocycles. The molecule has 2 heterocycles. The molecule has 1 aromatic heterocycles. The number of hydrogen-bond donors (Lipinski definition) is 1. The van der Waals surface area contributed by atoms with Gasteiger partial charge in [-0.05, 0) is 67.9 Å². The molecule has 194 valence electrons. The molecule has 1 aliphatic rings. The maximum absolute atomic E-state index is 13.9. The van der Waals surface area contributed by atoms with Crippen molar-refractivity contribution in [1.29, 1.82) is 0 Å². The molecule has 1 atom stereocenters. The van der Waals surface area contributed by atoms with Gasteiger partial charge >= 0.3 is 0 Å². The van der Waals surface area contributed by atoms with Crippen molar-refractivity contribution in [2.24, 2.45) is 0 Å². The summed E-state index contributed by atoms with van der Waals surface area (Å²) in [5.74, 6) is -0.214. The number of carbonyl (C=O) groups excluding carboxylic acids is 2. The molecule has 3 aromatic carbocycles. The van der Waals surface area contributed by atoms with Crippen LogP contribution in [0.1, 0.15) is 36.0 Å². The molecular weight excluding hydrogens is 486 g/mol. The Kier molecular flexibility index (Phi) is 6.55. The lowest BCUT2D eigenvalue weighted by Gasteiger charge is -2.27. The molecule has 1 N–H and O–H groups in total. The number of aliphatic hydroxyl groups excluding tert-OH is 1. The summed E-state index contributed by atoms with van der Waals surface area (Å²) in [5.41, 5.74) is 1.43. The third-order valence-electron chi connectivity index (χ3n) is 6.32. The van der Waals surface area contributed by atoms with Crippen molar-refractivity contribution in [2.75, 3.05) is 19.1 Å². The van der Waals surface area contributed by atoms with Crippen molar-refractivity contribution >= 4 is 28.3 Å². The Morgan fingerprint density at radius 1 is 0.947 bits per heavy atom. The van der Waals surface area contributed by atoms with Crippen LogP contribution in [0.2, 0.25) is 0 Å². The number of fused-ring (bicyclic) bond motifs is 1. The first-order chi connectivity index (χ1) is 18.3. The quantitative estimate of drug-likeness (QED) is 0.288. The minimum absolute atomic E-state index is 0.0140. The average molecular weight is 514 g/mol. The van der Waals surface area contributed by atoms with E-state index < -0.39 is 23.5 Å². The Balaban J connectivity index is 1.61. The number of Topliss-reactive ketones (excluding diaryl/α,β-unsaturated/α-hetero) is 1. The van der Waals surface area contributed by atoms with Crippen molar-refractivity contribution in [3.05, 3.63) is 95.5 Å². The van der Waals surface area contributed by atoms with E-state index in [4.69, 9.17) is 18.6 Å². The first kappa shape index (κ1) is 25.0. The molecule has 0 bridgehead atoms. The Labute approximate surface area is 219 Å². The lowest BCUT2D eigenvalue weighted by molar-refractivity contribution is -0.117. The topological polar surface area (TPSA) is 98.4 Å². The zero-order valence-electron chi connectivity index (χ0n) is 21.4. The zero-order valence-corrected chi connectivity index (χ0v) is 21.4. The van der Waals surface area contributed by atoms with Gasteiger partial charge in [-0.3, -0.25) is 14.5 Å². The van der Waals surface area contributed by atoms with Crippen LogP contribution >= 0.6 is 0 Å². The fraction of sp³-hybridized carbons (Fsp3) is 0.200. The number of methoxy groups -OCH3 is 2. The molecule has 1 unspecified atom stereocenters. The number of para-hydroxylation sites is 1. The minimum Gasteiger partial charge on any atom is -0.503 e. The van der Waals surface area contributed by atoms with E-state index in [1.54, 1.807) is 79.9 Å². The molecule has 8 nitrogen and oxygen atoms in total. The molecule has 38 heavy (non-hydrogen) atoms. The number of furan rings is 1. The van der Waals surface area contributed by atoms with Crippen LogP contribution in [0.15, 0.2) is 88.5 Å². The summed E-state index contributed by atoms with van der Waals surface area (Å²) in [7, 11) is 3.07. The lowest BCUT2D eigenvalue weighted by atomic mass is 9.94. The number of ether oxygens (including phenoxy) is 3. The van der Waals surface area contributed by atoms with Crippen LogP contribution in [0.25, 0.3) is 11.0 Å². The largest absolute Gasteiger partial charge is 0.503 e. The molecule has 5 rings (SSSR count). The van der Waals surface area contributed by atoms with Crippen molar-refractivity contribution < 1.29 is 33.3 Å². The van der Waals surface area contributed by atoms with E-state index in [0.29, 0.717) is 39.5 Å². The average Bonchev–Trinajstić information content (AvgIpc) is 3.47. The monoisotopic (exact) mass is 513 g/mol. The summed E-state index contributed by atoms with van der Waals surface area (Å²) in [5, 5.41) is 11.7. The standard InChI is InChI=1S/C30H27NO7/c1-17(2)37-22-14-10-20(11-15-22)31-26(18-8-12-21(35-3)13-9-18)25(28(33)30(31)34)27(32)24-16-19-6-5-7-23(36-4)29(19)38-24/h5-17,26,33H,1-4H3. The van der Waals surface area contributed by atoms with Gasteiger partial charge in [0.1, 0.15) is 11.5 Å². The van der Waals surface area contributed by atoms with Gasteiger partial charge in [0, 0.05) is 11.1 Å². The van der Waals surface area contributed by atoms with Crippen molar-refractivity contribution in [3.63, 3.8) is 0 Å². The van der Waals surface area contributed by atoms with Crippen LogP contribution in [-0.2, 0) is 4.79 Å². The fourth-order valence-corrected chi connectivity index (χ4v) is 4.60. The molecule has 4 aromatic rings. The van der Waals surface area contributed by atoms with Crippen molar-refractivity contribution in [2.45, 2.75) is 26.0 Å². The highest BCUT2D eigenvalue weighted by atomic mass is 16.5. The summed E-state index contributed by atoms with van der Waals surface area (Å²) in [6.07, 6.45) is -0.0151. The zero-order chi connectivity index (χ0) is 27.0. The van der Waals surface area contributed by atoms with Gasteiger partial charge in [0.2, 0.25) is 5.78 Å². The van der Waals surface area contributed by atoms with Gasteiger partial charge in [-0.15, -0.1) is 0 Å². The second-order valence-corrected chi connectivity index (χ2v) is 9.09. The van der Waals surface area contributed by atoms with E-state index >= 15 is 0 Å². The number of hydrogen-bond acceptors (Lipinski definition) is 7. The third kappa shape index (κ3) is 4.34. The summed E-state index contributed by atoms with van der Waals surface area (Å²) >= 11 is 0. The highest BCUT2D eigenvalue weighted by Crippen LogP contribution is 2.43. The lowest BCUT2D eigenvalue weighted by Crippen LogP contribution is -2.31. The van der Waals surface area contributed by atoms with Crippen LogP contribution in [-0.4, -0.2) is 37.1 Å². The predicted molar refractivity (Wildman–Crippen MR) is 142 cm³/mol. The third-order valence-corrected chi connectivity index (χ3v) is 6.32. The van der Waals surface area contributed by atoms with Gasteiger partial charge in [0.05, 0.1) is 31.9 Å². The number of nitrogens with zero attached hydrogens (tertiary/aromatic N) is 1. The van der Waals surface area contributed by atoms with Crippen LogP contribution in [0.5, 0.6) is 17.2 Å². The van der Waals surface area contributed by atoms with Crippen LogP contribution in [0, 0.1) is 0 Å². The number of carbonyl (C=O) groups is 2. The van der Waals surface area contributed by atoms with E-state index in [2.05, 4.69) is 0 Å². The molecule has 1 aliphatic heterocycles. The maximum atomic E-state index is 13.9. The Morgan fingerprint density at radius 3 is 2.26 bits per heavy atom. The summed E-state index contributed by atoms with van der Waals surface area (Å²) in [4.78, 5) is 28.7. The Hall–Kier alpha value is -4.72. The molecule has 0 spiro atoms. The first-order valence-corrected chi connectivity index (χ1v) is 12.1. The van der Waals surface area contributed by atoms with Gasteiger partial charge < -0.3 is 23.7 Å². The SMILES string of the molecule is COc1ccc(C2C(C(=O)c3cc4cccc(OC)c4o3)=C(O)C(=O)N2c2ccc(OC(C)C)cc2)cc1. The second-order valence-electron chi connectivity index (χ2n) is 9.09. The van der Waals surface area contributed by atoms with Gasteiger partial charge in [-0.1, -0.05) is 24.3 Å². The normalized spacial score (nSPS) is 15.4. The van der Waals surface area contributed by atoms with E-state index in [9.17, 15) is 14.7 Å². The minimum atomic E-state index is -0.909. The van der Waals surface area contributed by atoms with Crippen molar-refractivity contribution in [3.8, 4) is 17.2 Å². The van der Waals surface area contributed by atoms with Gasteiger partial charge in [-0.2, -0.15) is 0 Å². The first-order valence-electron chi connectivity index (χ1n) is 12.1. The number of aliphatic hydroxyl groups is 1. The van der Waals surface area contributed by atoms with E-state index in [0.717, 1.165) is 0 Å². The number of ketones is 1. The highest BCUT2D eigenvalue weighted by Gasteiger charge is 2.45. The van der Waals surface area contributed by atoms with E-state index in [1.165, 1.54) is 12.0 Å². The van der Waals surface area contributed by atoms with Gasteiger partial charge in [0.15, 0.2) is 22.9 Å². The molecule has 8 heteroatoms. The summed E-state index contributed by atoms with van der Waals surface area (Å²) in [6, 6.07) is 19.9. The van der Waals surface area contributed by atoms with E-state index in [-0.39, 0.29) is 17.4 Å². The molecule has 0 saturated carbocycles. The Bertz CT molecular complexity index is 1530. The number of anilines is 1.